The smallest absolute Gasteiger partial charge is 0.0122 e. The van der Waals surface area contributed by atoms with E-state index in [9.17, 15) is 0 Å². The molecule has 2 aliphatic rings. The van der Waals surface area contributed by atoms with Gasteiger partial charge in [-0.05, 0) is 52.7 Å². The lowest BCUT2D eigenvalue weighted by Crippen LogP contribution is -2.53. The van der Waals surface area contributed by atoms with Crippen molar-refractivity contribution in [1.29, 1.82) is 0 Å². The Morgan fingerprint density at radius 3 is 2.33 bits per heavy atom. The Labute approximate surface area is 93.6 Å². The molecule has 0 aliphatic carbocycles. The summed E-state index contributed by atoms with van der Waals surface area (Å²) in [5.74, 6) is 0. The van der Waals surface area contributed by atoms with Gasteiger partial charge in [0.1, 0.15) is 0 Å². The van der Waals surface area contributed by atoms with E-state index in [0.29, 0.717) is 12.1 Å². The Kier molecular flexibility index (Phi) is 3.65. The number of piperidine rings is 2. The third kappa shape index (κ3) is 2.71. The van der Waals surface area contributed by atoms with Crippen molar-refractivity contribution in [3.8, 4) is 0 Å². The molecule has 2 unspecified atom stereocenters. The maximum atomic E-state index is 6.00. The minimum Gasteiger partial charge on any atom is -0.328 e. The van der Waals surface area contributed by atoms with Crippen molar-refractivity contribution < 1.29 is 0 Å². The molecule has 0 aromatic heterocycles. The first-order chi connectivity index (χ1) is 7.16. The lowest BCUT2D eigenvalue weighted by atomic mass is 9.94. The summed E-state index contributed by atoms with van der Waals surface area (Å²) in [6.07, 6.45) is 5.06. The van der Waals surface area contributed by atoms with E-state index in [0.717, 1.165) is 6.04 Å². The maximum absolute atomic E-state index is 6.00. The van der Waals surface area contributed by atoms with Gasteiger partial charge < -0.3 is 10.6 Å². The predicted molar refractivity (Wildman–Crippen MR) is 63.9 cm³/mol. The van der Waals surface area contributed by atoms with E-state index in [1.807, 2.05) is 0 Å². The van der Waals surface area contributed by atoms with Crippen LogP contribution in [0, 0.1) is 0 Å². The van der Waals surface area contributed by atoms with Crippen molar-refractivity contribution in [3.05, 3.63) is 0 Å². The fourth-order valence-electron chi connectivity index (χ4n) is 3.10. The molecule has 2 N–H and O–H groups in total. The lowest BCUT2D eigenvalue weighted by molar-refractivity contribution is 0.0579. The molecule has 0 aromatic carbocycles. The van der Waals surface area contributed by atoms with Crippen molar-refractivity contribution in [1.82, 2.24) is 9.80 Å². The molecule has 2 fully saturated rings. The molecular weight excluding hydrogens is 186 g/mol. The molecule has 2 atom stereocenters. The van der Waals surface area contributed by atoms with Crippen molar-refractivity contribution in [2.75, 3.05) is 26.7 Å². The summed E-state index contributed by atoms with van der Waals surface area (Å²) in [5, 5.41) is 0. The number of likely N-dealkylation sites (tertiary alicyclic amines) is 2. The van der Waals surface area contributed by atoms with Crippen molar-refractivity contribution in [2.24, 2.45) is 5.73 Å². The Balaban J connectivity index is 1.87. The molecule has 0 bridgehead atoms. The van der Waals surface area contributed by atoms with E-state index in [1.54, 1.807) is 0 Å². The van der Waals surface area contributed by atoms with E-state index in [1.165, 1.54) is 45.3 Å². The largest absolute Gasteiger partial charge is 0.328 e. The molecule has 15 heavy (non-hydrogen) atoms. The van der Waals surface area contributed by atoms with Crippen LogP contribution in [-0.2, 0) is 0 Å². The summed E-state index contributed by atoms with van der Waals surface area (Å²) in [5.41, 5.74) is 6.00. The van der Waals surface area contributed by atoms with Gasteiger partial charge in [-0.3, -0.25) is 4.90 Å². The topological polar surface area (TPSA) is 32.5 Å². The van der Waals surface area contributed by atoms with E-state index in [4.69, 9.17) is 5.73 Å². The van der Waals surface area contributed by atoms with Crippen LogP contribution in [0.1, 0.15) is 32.6 Å². The molecule has 0 radical (unpaired) electrons. The molecule has 3 heteroatoms. The standard InChI is InChI=1S/C12H25N3/c1-10-9-11(13)3-8-15(10)12-4-6-14(2)7-5-12/h10-12H,3-9,13H2,1-2H3. The highest BCUT2D eigenvalue weighted by Crippen LogP contribution is 2.24. The van der Waals surface area contributed by atoms with Gasteiger partial charge in [-0.25, -0.2) is 0 Å². The average Bonchev–Trinajstić information content (AvgIpc) is 2.20. The normalized spacial score (nSPS) is 37.0. The van der Waals surface area contributed by atoms with E-state index >= 15 is 0 Å². The van der Waals surface area contributed by atoms with Gasteiger partial charge in [0, 0.05) is 24.7 Å². The van der Waals surface area contributed by atoms with Gasteiger partial charge in [-0.2, -0.15) is 0 Å². The third-order valence-corrected chi connectivity index (χ3v) is 4.13. The van der Waals surface area contributed by atoms with Gasteiger partial charge in [0.05, 0.1) is 0 Å². The second kappa shape index (κ2) is 4.81. The second-order valence-corrected chi connectivity index (χ2v) is 5.41. The number of nitrogens with two attached hydrogens (primary N) is 1. The van der Waals surface area contributed by atoms with Gasteiger partial charge >= 0.3 is 0 Å². The van der Waals surface area contributed by atoms with E-state index < -0.39 is 0 Å². The Morgan fingerprint density at radius 2 is 1.73 bits per heavy atom. The predicted octanol–water partition coefficient (Wildman–Crippen LogP) is 0.892. The Morgan fingerprint density at radius 1 is 1.07 bits per heavy atom. The highest BCUT2D eigenvalue weighted by atomic mass is 15.2. The minimum atomic E-state index is 0.447. The van der Waals surface area contributed by atoms with E-state index in [-0.39, 0.29) is 0 Å². The van der Waals surface area contributed by atoms with Gasteiger partial charge in [-0.1, -0.05) is 0 Å². The second-order valence-electron chi connectivity index (χ2n) is 5.41. The van der Waals surface area contributed by atoms with Crippen LogP contribution in [0.3, 0.4) is 0 Å². The summed E-state index contributed by atoms with van der Waals surface area (Å²) >= 11 is 0. The molecular formula is C12H25N3. The van der Waals surface area contributed by atoms with Crippen LogP contribution in [-0.4, -0.2) is 54.6 Å². The summed E-state index contributed by atoms with van der Waals surface area (Å²) < 4.78 is 0. The van der Waals surface area contributed by atoms with Crippen molar-refractivity contribution in [2.45, 2.75) is 50.7 Å². The molecule has 2 heterocycles. The summed E-state index contributed by atoms with van der Waals surface area (Å²) in [7, 11) is 2.23. The molecule has 0 saturated carbocycles. The molecule has 0 spiro atoms. The number of hydrogen-bond donors (Lipinski definition) is 1. The first kappa shape index (κ1) is 11.4. The summed E-state index contributed by atoms with van der Waals surface area (Å²) in [6, 6.07) is 1.97. The maximum Gasteiger partial charge on any atom is 0.0122 e. The summed E-state index contributed by atoms with van der Waals surface area (Å²) in [6.45, 7) is 6.09. The Hall–Kier alpha value is -0.120. The zero-order valence-electron chi connectivity index (χ0n) is 10.2. The van der Waals surface area contributed by atoms with Gasteiger partial charge in [-0.15, -0.1) is 0 Å². The summed E-state index contributed by atoms with van der Waals surface area (Å²) in [4.78, 5) is 5.15. The quantitative estimate of drug-likeness (QED) is 0.699. The van der Waals surface area contributed by atoms with Crippen LogP contribution in [0.25, 0.3) is 0 Å². The molecule has 2 rings (SSSR count). The van der Waals surface area contributed by atoms with Crippen molar-refractivity contribution in [3.63, 3.8) is 0 Å². The molecule has 2 aliphatic heterocycles. The monoisotopic (exact) mass is 211 g/mol. The molecule has 0 aromatic rings. The molecule has 3 nitrogen and oxygen atoms in total. The zero-order chi connectivity index (χ0) is 10.8. The van der Waals surface area contributed by atoms with Gasteiger partial charge in [0.25, 0.3) is 0 Å². The number of nitrogens with zero attached hydrogens (tertiary/aromatic N) is 2. The van der Waals surface area contributed by atoms with E-state index in [2.05, 4.69) is 23.8 Å². The zero-order valence-corrected chi connectivity index (χ0v) is 10.2. The molecule has 2 saturated heterocycles. The van der Waals surface area contributed by atoms with Gasteiger partial charge in [0.15, 0.2) is 0 Å². The number of rotatable bonds is 1. The Bertz CT molecular complexity index is 199. The lowest BCUT2D eigenvalue weighted by Gasteiger charge is -2.44. The average molecular weight is 211 g/mol. The van der Waals surface area contributed by atoms with Crippen LogP contribution < -0.4 is 5.73 Å². The fourth-order valence-corrected chi connectivity index (χ4v) is 3.10. The van der Waals surface area contributed by atoms with Crippen LogP contribution in [0.15, 0.2) is 0 Å². The van der Waals surface area contributed by atoms with Crippen LogP contribution in [0.4, 0.5) is 0 Å². The van der Waals surface area contributed by atoms with Gasteiger partial charge in [0.2, 0.25) is 0 Å². The minimum absolute atomic E-state index is 0.447. The first-order valence-corrected chi connectivity index (χ1v) is 6.36. The highest BCUT2D eigenvalue weighted by molar-refractivity contribution is 4.87. The third-order valence-electron chi connectivity index (χ3n) is 4.13. The molecule has 0 amide bonds. The molecule has 88 valence electrons. The van der Waals surface area contributed by atoms with Crippen LogP contribution in [0.5, 0.6) is 0 Å². The van der Waals surface area contributed by atoms with Crippen molar-refractivity contribution >= 4 is 0 Å². The van der Waals surface area contributed by atoms with Crippen LogP contribution in [0.2, 0.25) is 0 Å². The SMILES string of the molecule is CC1CC(N)CCN1C1CCN(C)CC1. The highest BCUT2D eigenvalue weighted by Gasteiger charge is 2.30. The fraction of sp³-hybridized carbons (Fsp3) is 1.00. The first-order valence-electron chi connectivity index (χ1n) is 6.36. The number of hydrogen-bond acceptors (Lipinski definition) is 3. The van der Waals surface area contributed by atoms with Crippen LogP contribution >= 0.6 is 0 Å².